The molecule has 1 aromatic rings. The predicted octanol–water partition coefficient (Wildman–Crippen LogP) is 2.26. The molecule has 1 aromatic heterocycles. The molecule has 5 nitrogen and oxygen atoms in total. The van der Waals surface area contributed by atoms with Gasteiger partial charge in [-0.3, -0.25) is 14.5 Å². The lowest BCUT2D eigenvalue weighted by Gasteiger charge is -2.38. The summed E-state index contributed by atoms with van der Waals surface area (Å²) in [5.74, 6) is 0.473. The van der Waals surface area contributed by atoms with Gasteiger partial charge in [0.15, 0.2) is 0 Å². The Hall–Kier alpha value is -1.40. The summed E-state index contributed by atoms with van der Waals surface area (Å²) in [5.41, 5.74) is 1.31. The molecular formula is C19H29N3O2S. The number of carbonyl (C=O) groups excluding carboxylic acids is 2. The number of carbonyl (C=O) groups is 2. The quantitative estimate of drug-likeness (QED) is 0.893. The largest absolute Gasteiger partial charge is 0.354 e. The maximum Gasteiger partial charge on any atom is 0.239 e. The molecule has 0 aliphatic carbocycles. The smallest absolute Gasteiger partial charge is 0.239 e. The van der Waals surface area contributed by atoms with Gasteiger partial charge in [-0.25, -0.2) is 0 Å². The van der Waals surface area contributed by atoms with E-state index in [-0.39, 0.29) is 29.8 Å². The van der Waals surface area contributed by atoms with Gasteiger partial charge in [0.05, 0.1) is 6.04 Å². The molecule has 0 saturated carbocycles. The summed E-state index contributed by atoms with van der Waals surface area (Å²) in [6.07, 6.45) is 2.65. The first-order valence-electron chi connectivity index (χ1n) is 9.34. The number of nitrogens with zero attached hydrogens (tertiary/aromatic N) is 2. The van der Waals surface area contributed by atoms with Gasteiger partial charge in [0, 0.05) is 29.9 Å². The lowest BCUT2D eigenvalue weighted by atomic mass is 9.94. The molecule has 1 N–H and O–H groups in total. The van der Waals surface area contributed by atoms with E-state index in [4.69, 9.17) is 0 Å². The fourth-order valence-corrected chi connectivity index (χ4v) is 4.70. The third-order valence-corrected chi connectivity index (χ3v) is 6.38. The van der Waals surface area contributed by atoms with Crippen LogP contribution in [0.25, 0.3) is 0 Å². The summed E-state index contributed by atoms with van der Waals surface area (Å²) < 4.78 is 0. The Bertz CT molecular complexity index is 620. The van der Waals surface area contributed by atoms with Crippen molar-refractivity contribution >= 4 is 23.2 Å². The van der Waals surface area contributed by atoms with E-state index >= 15 is 0 Å². The van der Waals surface area contributed by atoms with E-state index in [1.165, 1.54) is 10.4 Å². The zero-order valence-corrected chi connectivity index (χ0v) is 16.3. The Morgan fingerprint density at radius 1 is 1.20 bits per heavy atom. The molecule has 1 atom stereocenters. The lowest BCUT2D eigenvalue weighted by molar-refractivity contribution is -0.138. The first kappa shape index (κ1) is 18.4. The molecule has 0 bridgehead atoms. The number of hydrogen-bond donors (Lipinski definition) is 1. The number of rotatable bonds is 4. The van der Waals surface area contributed by atoms with Crippen molar-refractivity contribution in [2.24, 2.45) is 5.92 Å². The monoisotopic (exact) mass is 363 g/mol. The summed E-state index contributed by atoms with van der Waals surface area (Å²) in [6, 6.07) is 2.23. The first-order valence-corrected chi connectivity index (χ1v) is 10.2. The molecule has 3 rings (SSSR count). The molecule has 1 saturated heterocycles. The Morgan fingerprint density at radius 3 is 2.60 bits per heavy atom. The van der Waals surface area contributed by atoms with Crippen LogP contribution in [0.1, 0.15) is 44.1 Å². The number of hydrogen-bond acceptors (Lipinski definition) is 4. The van der Waals surface area contributed by atoms with Crippen LogP contribution in [-0.4, -0.2) is 53.3 Å². The topological polar surface area (TPSA) is 52.7 Å². The average Bonchev–Trinajstić information content (AvgIpc) is 3.07. The highest BCUT2D eigenvalue weighted by atomic mass is 32.1. The Labute approximate surface area is 154 Å². The van der Waals surface area contributed by atoms with E-state index in [1.807, 2.05) is 25.7 Å². The SMILES string of the molecule is CC(C)NC(=O)C1CCN(C(C)C(=O)N2CCc3sccc3C2)CC1. The van der Waals surface area contributed by atoms with Crippen molar-refractivity contribution in [2.75, 3.05) is 19.6 Å². The third-order valence-electron chi connectivity index (χ3n) is 5.36. The van der Waals surface area contributed by atoms with Crippen molar-refractivity contribution in [1.29, 1.82) is 0 Å². The molecule has 25 heavy (non-hydrogen) atoms. The second-order valence-electron chi connectivity index (χ2n) is 7.53. The van der Waals surface area contributed by atoms with Gasteiger partial charge >= 0.3 is 0 Å². The molecule has 3 heterocycles. The van der Waals surface area contributed by atoms with Gasteiger partial charge < -0.3 is 10.2 Å². The van der Waals surface area contributed by atoms with Crippen LogP contribution in [-0.2, 0) is 22.6 Å². The first-order chi connectivity index (χ1) is 12.0. The summed E-state index contributed by atoms with van der Waals surface area (Å²) in [5, 5.41) is 5.13. The molecule has 138 valence electrons. The number of likely N-dealkylation sites (tertiary alicyclic amines) is 1. The Kier molecular flexibility index (Phi) is 5.79. The lowest BCUT2D eigenvalue weighted by Crippen LogP contribution is -2.51. The van der Waals surface area contributed by atoms with Gasteiger partial charge in [0.2, 0.25) is 11.8 Å². The number of piperidine rings is 1. The molecular weight excluding hydrogens is 334 g/mol. The van der Waals surface area contributed by atoms with Crippen molar-refractivity contribution in [2.45, 2.75) is 58.7 Å². The fraction of sp³-hybridized carbons (Fsp3) is 0.684. The number of thiophene rings is 1. The highest BCUT2D eigenvalue weighted by Crippen LogP contribution is 2.26. The van der Waals surface area contributed by atoms with E-state index in [9.17, 15) is 9.59 Å². The zero-order valence-electron chi connectivity index (χ0n) is 15.5. The maximum absolute atomic E-state index is 12.9. The van der Waals surface area contributed by atoms with Crippen LogP contribution in [0.3, 0.4) is 0 Å². The predicted molar refractivity (Wildman–Crippen MR) is 100 cm³/mol. The number of fused-ring (bicyclic) bond motifs is 1. The van der Waals surface area contributed by atoms with Crippen LogP contribution < -0.4 is 5.32 Å². The van der Waals surface area contributed by atoms with E-state index in [1.54, 1.807) is 11.3 Å². The van der Waals surface area contributed by atoms with Gasteiger partial charge in [-0.05, 0) is 70.1 Å². The maximum atomic E-state index is 12.9. The number of nitrogens with one attached hydrogen (secondary N) is 1. The molecule has 6 heteroatoms. The van der Waals surface area contributed by atoms with E-state index in [0.717, 1.165) is 45.4 Å². The van der Waals surface area contributed by atoms with Crippen LogP contribution in [0.15, 0.2) is 11.4 Å². The zero-order chi connectivity index (χ0) is 18.0. The van der Waals surface area contributed by atoms with Crippen LogP contribution in [0.4, 0.5) is 0 Å². The minimum absolute atomic E-state index is 0.0873. The van der Waals surface area contributed by atoms with Crippen LogP contribution in [0, 0.1) is 5.92 Å². The van der Waals surface area contributed by atoms with Crippen LogP contribution in [0.5, 0.6) is 0 Å². The number of amides is 2. The summed E-state index contributed by atoms with van der Waals surface area (Å²) in [4.78, 5) is 30.7. The van der Waals surface area contributed by atoms with E-state index < -0.39 is 0 Å². The molecule has 2 aliphatic rings. The highest BCUT2D eigenvalue weighted by molar-refractivity contribution is 7.10. The molecule has 2 amide bonds. The van der Waals surface area contributed by atoms with Crippen molar-refractivity contribution in [3.63, 3.8) is 0 Å². The fourth-order valence-electron chi connectivity index (χ4n) is 3.81. The molecule has 0 spiro atoms. The second-order valence-corrected chi connectivity index (χ2v) is 8.53. The normalized spacial score (nSPS) is 20.4. The van der Waals surface area contributed by atoms with Gasteiger partial charge in [0.1, 0.15) is 0 Å². The summed E-state index contributed by atoms with van der Waals surface area (Å²) in [6.45, 7) is 9.21. The summed E-state index contributed by atoms with van der Waals surface area (Å²) in [7, 11) is 0. The summed E-state index contributed by atoms with van der Waals surface area (Å²) >= 11 is 1.80. The third kappa shape index (κ3) is 4.23. The van der Waals surface area contributed by atoms with Gasteiger partial charge in [0.25, 0.3) is 0 Å². The Morgan fingerprint density at radius 2 is 1.92 bits per heavy atom. The van der Waals surface area contributed by atoms with Crippen molar-refractivity contribution in [3.05, 3.63) is 21.9 Å². The van der Waals surface area contributed by atoms with Gasteiger partial charge in [-0.2, -0.15) is 0 Å². The molecule has 2 aliphatic heterocycles. The van der Waals surface area contributed by atoms with E-state index in [2.05, 4.69) is 21.7 Å². The standard InChI is InChI=1S/C19H29N3O2S/c1-13(2)20-18(23)15-4-8-21(9-5-15)14(3)19(24)22-10-6-17-16(12-22)7-11-25-17/h7,11,13-15H,4-6,8-10,12H2,1-3H3,(H,20,23). The molecule has 1 fully saturated rings. The minimum Gasteiger partial charge on any atom is -0.354 e. The van der Waals surface area contributed by atoms with Crippen molar-refractivity contribution in [3.8, 4) is 0 Å². The van der Waals surface area contributed by atoms with Crippen LogP contribution in [0.2, 0.25) is 0 Å². The van der Waals surface area contributed by atoms with E-state index in [0.29, 0.717) is 0 Å². The molecule has 0 radical (unpaired) electrons. The van der Waals surface area contributed by atoms with Crippen molar-refractivity contribution in [1.82, 2.24) is 15.1 Å². The average molecular weight is 364 g/mol. The molecule has 0 aromatic carbocycles. The van der Waals surface area contributed by atoms with Gasteiger partial charge in [-0.15, -0.1) is 11.3 Å². The second kappa shape index (κ2) is 7.87. The van der Waals surface area contributed by atoms with Gasteiger partial charge in [-0.1, -0.05) is 0 Å². The highest BCUT2D eigenvalue weighted by Gasteiger charge is 2.32. The molecule has 1 unspecified atom stereocenters. The van der Waals surface area contributed by atoms with Crippen LogP contribution >= 0.6 is 11.3 Å². The minimum atomic E-state index is -0.103. The Balaban J connectivity index is 1.51. The van der Waals surface area contributed by atoms with Crippen molar-refractivity contribution < 1.29 is 9.59 Å².